The van der Waals surface area contributed by atoms with Crippen LogP contribution in [0.15, 0.2) is 12.4 Å². The maximum atomic E-state index is 11.6. The molecular formula is C10H14N4O2. The zero-order chi connectivity index (χ0) is 11.4. The fourth-order valence-electron chi connectivity index (χ4n) is 1.56. The second-order valence-corrected chi connectivity index (χ2v) is 3.77. The molecule has 0 aromatic carbocycles. The second kappa shape index (κ2) is 4.89. The van der Waals surface area contributed by atoms with E-state index in [0.29, 0.717) is 19.1 Å². The van der Waals surface area contributed by atoms with Crippen molar-refractivity contribution in [2.75, 3.05) is 25.5 Å². The SMILES string of the molecule is Nc1cncc(C(=O)NCC2CCOC2)n1. The molecule has 2 rings (SSSR count). The Balaban J connectivity index is 1.87. The van der Waals surface area contributed by atoms with Gasteiger partial charge in [-0.1, -0.05) is 0 Å². The second-order valence-electron chi connectivity index (χ2n) is 3.77. The topological polar surface area (TPSA) is 90.1 Å². The number of rotatable bonds is 3. The largest absolute Gasteiger partial charge is 0.382 e. The molecule has 1 atom stereocenters. The molecule has 0 saturated carbocycles. The van der Waals surface area contributed by atoms with Crippen LogP contribution >= 0.6 is 0 Å². The number of hydrogen-bond donors (Lipinski definition) is 2. The van der Waals surface area contributed by atoms with Crippen LogP contribution in [0.1, 0.15) is 16.9 Å². The molecule has 0 radical (unpaired) electrons. The van der Waals surface area contributed by atoms with Crippen molar-refractivity contribution in [1.29, 1.82) is 0 Å². The molecule has 0 bridgehead atoms. The van der Waals surface area contributed by atoms with Gasteiger partial charge in [0.2, 0.25) is 0 Å². The Hall–Kier alpha value is -1.69. The van der Waals surface area contributed by atoms with Crippen LogP contribution in [0.25, 0.3) is 0 Å². The maximum absolute atomic E-state index is 11.6. The van der Waals surface area contributed by atoms with Crippen molar-refractivity contribution >= 4 is 11.7 Å². The molecule has 3 N–H and O–H groups in total. The van der Waals surface area contributed by atoms with Gasteiger partial charge >= 0.3 is 0 Å². The number of anilines is 1. The zero-order valence-electron chi connectivity index (χ0n) is 8.85. The Labute approximate surface area is 93.2 Å². The number of ether oxygens (including phenoxy) is 1. The summed E-state index contributed by atoms with van der Waals surface area (Å²) in [6.07, 6.45) is 3.79. The molecule has 6 heteroatoms. The zero-order valence-corrected chi connectivity index (χ0v) is 8.85. The van der Waals surface area contributed by atoms with E-state index in [2.05, 4.69) is 15.3 Å². The predicted octanol–water partition coefficient (Wildman–Crippen LogP) is -0.175. The highest BCUT2D eigenvalue weighted by Gasteiger charge is 2.17. The first kappa shape index (κ1) is 10.8. The Kier molecular flexibility index (Phi) is 3.31. The fraction of sp³-hybridized carbons (Fsp3) is 0.500. The maximum Gasteiger partial charge on any atom is 0.271 e. The first-order chi connectivity index (χ1) is 7.75. The van der Waals surface area contributed by atoms with Crippen molar-refractivity contribution in [2.45, 2.75) is 6.42 Å². The summed E-state index contributed by atoms with van der Waals surface area (Å²) in [5, 5.41) is 2.79. The number of aromatic nitrogens is 2. The van der Waals surface area contributed by atoms with Gasteiger partial charge in [0.1, 0.15) is 11.5 Å². The number of nitrogens with two attached hydrogens (primary N) is 1. The van der Waals surface area contributed by atoms with Crippen LogP contribution in [0.3, 0.4) is 0 Å². The van der Waals surface area contributed by atoms with E-state index in [9.17, 15) is 4.79 Å². The Morgan fingerprint density at radius 3 is 3.19 bits per heavy atom. The first-order valence-electron chi connectivity index (χ1n) is 5.19. The van der Waals surface area contributed by atoms with Crippen LogP contribution in [0.2, 0.25) is 0 Å². The van der Waals surface area contributed by atoms with Crippen LogP contribution in [-0.4, -0.2) is 35.6 Å². The van der Waals surface area contributed by atoms with E-state index in [0.717, 1.165) is 13.0 Å². The Bertz CT molecular complexity index is 377. The van der Waals surface area contributed by atoms with E-state index in [1.165, 1.54) is 12.4 Å². The molecule has 1 saturated heterocycles. The number of nitrogens with zero attached hydrogens (tertiary/aromatic N) is 2. The third-order valence-corrected chi connectivity index (χ3v) is 2.46. The van der Waals surface area contributed by atoms with Gasteiger partial charge in [0.25, 0.3) is 5.91 Å². The normalized spacial score (nSPS) is 19.6. The lowest BCUT2D eigenvalue weighted by Gasteiger charge is -2.08. The highest BCUT2D eigenvalue weighted by atomic mass is 16.5. The summed E-state index contributed by atoms with van der Waals surface area (Å²) >= 11 is 0. The van der Waals surface area contributed by atoms with Crippen LogP contribution in [0.4, 0.5) is 5.82 Å². The first-order valence-corrected chi connectivity index (χ1v) is 5.19. The summed E-state index contributed by atoms with van der Waals surface area (Å²) in [5.41, 5.74) is 5.69. The molecule has 2 heterocycles. The fourth-order valence-corrected chi connectivity index (χ4v) is 1.56. The lowest BCUT2D eigenvalue weighted by Crippen LogP contribution is -2.30. The van der Waals surface area contributed by atoms with Crippen molar-refractivity contribution in [1.82, 2.24) is 15.3 Å². The number of carbonyl (C=O) groups excluding carboxylic acids is 1. The standard InChI is InChI=1S/C10H14N4O2/c11-9-5-12-4-8(14-9)10(15)13-3-7-1-2-16-6-7/h4-5,7H,1-3,6H2,(H2,11,14)(H,13,15). The minimum atomic E-state index is -0.244. The molecule has 0 aliphatic carbocycles. The van der Waals surface area contributed by atoms with Gasteiger partial charge in [-0.3, -0.25) is 9.78 Å². The molecule has 1 aliphatic heterocycles. The Morgan fingerprint density at radius 2 is 2.50 bits per heavy atom. The molecule has 1 aromatic rings. The number of carbonyl (C=O) groups is 1. The molecule has 1 amide bonds. The average molecular weight is 222 g/mol. The van der Waals surface area contributed by atoms with Crippen LogP contribution in [0.5, 0.6) is 0 Å². The lowest BCUT2D eigenvalue weighted by molar-refractivity contribution is 0.0939. The van der Waals surface area contributed by atoms with Gasteiger partial charge in [-0.05, 0) is 6.42 Å². The number of hydrogen-bond acceptors (Lipinski definition) is 5. The molecule has 1 unspecified atom stereocenters. The highest BCUT2D eigenvalue weighted by Crippen LogP contribution is 2.10. The van der Waals surface area contributed by atoms with Crippen LogP contribution < -0.4 is 11.1 Å². The summed E-state index contributed by atoms with van der Waals surface area (Å²) < 4.78 is 5.21. The smallest absolute Gasteiger partial charge is 0.271 e. The van der Waals surface area contributed by atoms with Crippen molar-refractivity contribution in [2.24, 2.45) is 5.92 Å². The van der Waals surface area contributed by atoms with E-state index < -0.39 is 0 Å². The predicted molar refractivity (Wildman–Crippen MR) is 57.7 cm³/mol. The van der Waals surface area contributed by atoms with E-state index in [1.807, 2.05) is 0 Å². The lowest BCUT2D eigenvalue weighted by atomic mass is 10.1. The van der Waals surface area contributed by atoms with E-state index >= 15 is 0 Å². The molecular weight excluding hydrogens is 208 g/mol. The third-order valence-electron chi connectivity index (χ3n) is 2.46. The monoisotopic (exact) mass is 222 g/mol. The van der Waals surface area contributed by atoms with Crippen molar-refractivity contribution in [3.8, 4) is 0 Å². The molecule has 6 nitrogen and oxygen atoms in total. The number of nitrogens with one attached hydrogen (secondary N) is 1. The van der Waals surface area contributed by atoms with Crippen molar-refractivity contribution in [3.63, 3.8) is 0 Å². The minimum absolute atomic E-state index is 0.244. The van der Waals surface area contributed by atoms with Gasteiger partial charge in [-0.25, -0.2) is 4.98 Å². The molecule has 1 fully saturated rings. The summed E-state index contributed by atoms with van der Waals surface area (Å²) in [6.45, 7) is 2.09. The molecule has 1 aliphatic rings. The van der Waals surface area contributed by atoms with E-state index in [-0.39, 0.29) is 17.4 Å². The van der Waals surface area contributed by atoms with E-state index in [4.69, 9.17) is 10.5 Å². The Morgan fingerprint density at radius 1 is 1.62 bits per heavy atom. The minimum Gasteiger partial charge on any atom is -0.382 e. The van der Waals surface area contributed by atoms with Gasteiger partial charge in [0.05, 0.1) is 19.0 Å². The molecule has 0 spiro atoms. The van der Waals surface area contributed by atoms with Crippen LogP contribution in [0, 0.1) is 5.92 Å². The quantitative estimate of drug-likeness (QED) is 0.740. The summed E-state index contributed by atoms with van der Waals surface area (Å²) in [6, 6.07) is 0. The van der Waals surface area contributed by atoms with Gasteiger partial charge in [-0.15, -0.1) is 0 Å². The third kappa shape index (κ3) is 2.66. The van der Waals surface area contributed by atoms with Gasteiger partial charge in [-0.2, -0.15) is 0 Å². The van der Waals surface area contributed by atoms with Crippen LogP contribution in [-0.2, 0) is 4.74 Å². The highest BCUT2D eigenvalue weighted by molar-refractivity contribution is 5.92. The van der Waals surface area contributed by atoms with Crippen molar-refractivity contribution < 1.29 is 9.53 Å². The number of amides is 1. The average Bonchev–Trinajstić information content (AvgIpc) is 2.78. The summed E-state index contributed by atoms with van der Waals surface area (Å²) in [7, 11) is 0. The van der Waals surface area contributed by atoms with Gasteiger partial charge in [0, 0.05) is 19.1 Å². The number of nitrogen functional groups attached to an aromatic ring is 1. The molecule has 86 valence electrons. The molecule has 16 heavy (non-hydrogen) atoms. The van der Waals surface area contributed by atoms with Crippen molar-refractivity contribution in [3.05, 3.63) is 18.1 Å². The van der Waals surface area contributed by atoms with E-state index in [1.54, 1.807) is 0 Å². The van der Waals surface area contributed by atoms with Gasteiger partial charge in [0.15, 0.2) is 0 Å². The summed E-state index contributed by atoms with van der Waals surface area (Å²) in [4.78, 5) is 19.3. The summed E-state index contributed by atoms with van der Waals surface area (Å²) in [5.74, 6) is 0.404. The molecule has 1 aromatic heterocycles. The van der Waals surface area contributed by atoms with Gasteiger partial charge < -0.3 is 15.8 Å².